The van der Waals surface area contributed by atoms with Crippen molar-refractivity contribution in [3.63, 3.8) is 0 Å². The number of rotatable bonds is 2. The summed E-state index contributed by atoms with van der Waals surface area (Å²) in [5.74, 6) is 0.319. The van der Waals surface area contributed by atoms with E-state index in [2.05, 4.69) is 20.9 Å². The Kier molecular flexibility index (Phi) is 2.04. The number of imidazole rings is 1. The van der Waals surface area contributed by atoms with Crippen LogP contribution in [0.5, 0.6) is 0 Å². The molecule has 0 atom stereocenters. The first kappa shape index (κ1) is 9.84. The number of aromatic carboxylic acids is 1. The minimum absolute atomic E-state index is 0.134. The molecule has 1 aliphatic carbocycles. The number of aromatic nitrogens is 2. The van der Waals surface area contributed by atoms with Crippen LogP contribution in [-0.4, -0.2) is 20.5 Å². The minimum Gasteiger partial charge on any atom is -0.476 e. The van der Waals surface area contributed by atoms with Crippen LogP contribution < -0.4 is 0 Å². The normalized spacial score (nSPS) is 15.6. The molecule has 16 heavy (non-hydrogen) atoms. The second-order valence-corrected chi connectivity index (χ2v) is 4.83. The number of pyridine rings is 1. The van der Waals surface area contributed by atoms with E-state index in [0.717, 1.165) is 23.1 Å². The van der Waals surface area contributed by atoms with Crippen molar-refractivity contribution < 1.29 is 9.90 Å². The number of nitrogens with zero attached hydrogens (tertiary/aromatic N) is 2. The Morgan fingerprint density at radius 1 is 1.56 bits per heavy atom. The number of carboxylic acid groups (broad SMARTS) is 1. The van der Waals surface area contributed by atoms with Crippen molar-refractivity contribution in [3.8, 4) is 0 Å². The topological polar surface area (TPSA) is 54.6 Å². The number of fused-ring (bicyclic) bond motifs is 1. The Morgan fingerprint density at radius 3 is 2.94 bits per heavy atom. The van der Waals surface area contributed by atoms with E-state index in [4.69, 9.17) is 5.11 Å². The molecular weight excluding hydrogens is 272 g/mol. The van der Waals surface area contributed by atoms with Crippen molar-refractivity contribution in [1.29, 1.82) is 0 Å². The SMILES string of the molecule is O=C(O)c1nc(C2CC2)n2cccc(Br)c12. The lowest BCUT2D eigenvalue weighted by Gasteiger charge is -1.99. The molecule has 0 amide bonds. The molecule has 0 aliphatic heterocycles. The number of carboxylic acids is 1. The number of hydrogen-bond donors (Lipinski definition) is 1. The van der Waals surface area contributed by atoms with Gasteiger partial charge in [-0.3, -0.25) is 0 Å². The fourth-order valence-corrected chi connectivity index (χ4v) is 2.43. The van der Waals surface area contributed by atoms with Crippen LogP contribution in [0.2, 0.25) is 0 Å². The van der Waals surface area contributed by atoms with Gasteiger partial charge in [0.2, 0.25) is 0 Å². The van der Waals surface area contributed by atoms with Gasteiger partial charge in [-0.15, -0.1) is 0 Å². The lowest BCUT2D eigenvalue weighted by molar-refractivity contribution is 0.0693. The third-order valence-electron chi connectivity index (χ3n) is 2.79. The minimum atomic E-state index is -0.976. The molecule has 3 rings (SSSR count). The van der Waals surface area contributed by atoms with Crippen LogP contribution in [0.25, 0.3) is 5.52 Å². The summed E-state index contributed by atoms with van der Waals surface area (Å²) < 4.78 is 2.65. The van der Waals surface area contributed by atoms with E-state index in [1.54, 1.807) is 0 Å². The number of halogens is 1. The Balaban J connectivity index is 2.37. The average Bonchev–Trinajstić information content (AvgIpc) is 2.99. The summed E-state index contributed by atoms with van der Waals surface area (Å²) in [7, 11) is 0. The highest BCUT2D eigenvalue weighted by Crippen LogP contribution is 2.40. The first-order valence-corrected chi connectivity index (χ1v) is 5.87. The maximum Gasteiger partial charge on any atom is 0.356 e. The molecule has 1 fully saturated rings. The third kappa shape index (κ3) is 1.35. The van der Waals surface area contributed by atoms with Gasteiger partial charge in [-0.1, -0.05) is 0 Å². The lowest BCUT2D eigenvalue weighted by atomic mass is 10.3. The van der Waals surface area contributed by atoms with Crippen molar-refractivity contribution >= 4 is 27.4 Å². The summed E-state index contributed by atoms with van der Waals surface area (Å²) >= 11 is 3.37. The average molecular weight is 281 g/mol. The summed E-state index contributed by atoms with van der Waals surface area (Å²) in [5, 5.41) is 9.13. The molecule has 2 aromatic heterocycles. The lowest BCUT2D eigenvalue weighted by Crippen LogP contribution is -1.97. The van der Waals surface area contributed by atoms with E-state index in [1.165, 1.54) is 0 Å². The van der Waals surface area contributed by atoms with Crippen molar-refractivity contribution in [3.05, 3.63) is 34.3 Å². The van der Waals surface area contributed by atoms with Crippen LogP contribution in [0.15, 0.2) is 22.8 Å². The smallest absolute Gasteiger partial charge is 0.356 e. The Labute approximate surface area is 100 Å². The highest BCUT2D eigenvalue weighted by Gasteiger charge is 2.30. The highest BCUT2D eigenvalue weighted by atomic mass is 79.9. The van der Waals surface area contributed by atoms with E-state index in [9.17, 15) is 4.79 Å². The fourth-order valence-electron chi connectivity index (χ4n) is 1.90. The van der Waals surface area contributed by atoms with Gasteiger partial charge in [0.25, 0.3) is 0 Å². The number of carbonyl (C=O) groups is 1. The van der Waals surface area contributed by atoms with Crippen LogP contribution in [0, 0.1) is 0 Å². The van der Waals surface area contributed by atoms with Crippen molar-refractivity contribution in [1.82, 2.24) is 9.38 Å². The molecule has 2 heterocycles. The molecular formula is C11H9BrN2O2. The van der Waals surface area contributed by atoms with Crippen molar-refractivity contribution in [2.45, 2.75) is 18.8 Å². The number of hydrogen-bond acceptors (Lipinski definition) is 2. The Bertz CT molecular complexity index is 587. The van der Waals surface area contributed by atoms with Crippen molar-refractivity contribution in [2.24, 2.45) is 0 Å². The van der Waals surface area contributed by atoms with Crippen LogP contribution in [0.4, 0.5) is 0 Å². The zero-order valence-corrected chi connectivity index (χ0v) is 9.94. The molecule has 0 bridgehead atoms. The maximum atomic E-state index is 11.1. The van der Waals surface area contributed by atoms with Gasteiger partial charge in [0.05, 0.1) is 5.52 Å². The largest absolute Gasteiger partial charge is 0.476 e. The molecule has 4 nitrogen and oxygen atoms in total. The first-order chi connectivity index (χ1) is 7.68. The van der Waals surface area contributed by atoms with E-state index in [1.807, 2.05) is 22.7 Å². The zero-order chi connectivity index (χ0) is 11.3. The molecule has 0 saturated heterocycles. The van der Waals surface area contributed by atoms with E-state index >= 15 is 0 Å². The summed E-state index contributed by atoms with van der Waals surface area (Å²) in [6.45, 7) is 0. The first-order valence-electron chi connectivity index (χ1n) is 5.08. The van der Waals surface area contributed by atoms with E-state index in [-0.39, 0.29) is 5.69 Å². The third-order valence-corrected chi connectivity index (χ3v) is 3.43. The Morgan fingerprint density at radius 2 is 2.31 bits per heavy atom. The standard InChI is InChI=1S/C11H9BrN2O2/c12-7-2-1-5-14-9(7)8(11(15)16)13-10(14)6-3-4-6/h1-2,5-6H,3-4H2,(H,15,16). The van der Waals surface area contributed by atoms with Gasteiger partial charge in [-0.05, 0) is 40.9 Å². The van der Waals surface area contributed by atoms with Crippen LogP contribution in [0.3, 0.4) is 0 Å². The van der Waals surface area contributed by atoms with E-state index in [0.29, 0.717) is 11.4 Å². The molecule has 1 N–H and O–H groups in total. The van der Waals surface area contributed by atoms with Crippen LogP contribution >= 0.6 is 15.9 Å². The summed E-state index contributed by atoms with van der Waals surface area (Å²) in [6.07, 6.45) is 4.07. The van der Waals surface area contributed by atoms with Crippen molar-refractivity contribution in [2.75, 3.05) is 0 Å². The van der Waals surface area contributed by atoms with Crippen LogP contribution in [-0.2, 0) is 0 Å². The van der Waals surface area contributed by atoms with Gasteiger partial charge < -0.3 is 9.51 Å². The van der Waals surface area contributed by atoms with Gasteiger partial charge in [-0.25, -0.2) is 9.78 Å². The summed E-state index contributed by atoms with van der Waals surface area (Å²) in [6, 6.07) is 3.72. The van der Waals surface area contributed by atoms with Gasteiger partial charge in [-0.2, -0.15) is 0 Å². The molecule has 82 valence electrons. The second kappa shape index (κ2) is 3.31. The van der Waals surface area contributed by atoms with Gasteiger partial charge in [0.1, 0.15) is 5.82 Å². The highest BCUT2D eigenvalue weighted by molar-refractivity contribution is 9.10. The monoisotopic (exact) mass is 280 g/mol. The summed E-state index contributed by atoms with van der Waals surface area (Å²) in [5.41, 5.74) is 0.784. The van der Waals surface area contributed by atoms with Gasteiger partial charge in [0, 0.05) is 16.6 Å². The molecule has 0 spiro atoms. The van der Waals surface area contributed by atoms with Gasteiger partial charge >= 0.3 is 5.97 Å². The molecule has 1 aliphatic rings. The van der Waals surface area contributed by atoms with Crippen LogP contribution in [0.1, 0.15) is 35.1 Å². The predicted octanol–water partition coefficient (Wildman–Crippen LogP) is 2.67. The molecule has 0 radical (unpaired) electrons. The molecule has 2 aromatic rings. The Hall–Kier alpha value is -1.36. The van der Waals surface area contributed by atoms with Gasteiger partial charge in [0.15, 0.2) is 5.69 Å². The summed E-state index contributed by atoms with van der Waals surface area (Å²) in [4.78, 5) is 15.4. The molecule has 0 unspecified atom stereocenters. The zero-order valence-electron chi connectivity index (χ0n) is 8.35. The molecule has 1 saturated carbocycles. The fraction of sp³-hybridized carbons (Fsp3) is 0.273. The molecule has 5 heteroatoms. The maximum absolute atomic E-state index is 11.1. The molecule has 0 aromatic carbocycles. The quantitative estimate of drug-likeness (QED) is 0.920. The predicted molar refractivity (Wildman–Crippen MR) is 61.8 cm³/mol. The second-order valence-electron chi connectivity index (χ2n) is 3.97. The van der Waals surface area contributed by atoms with E-state index < -0.39 is 5.97 Å².